The maximum Gasteiger partial charge on any atom is 0.338 e. The number of aromatic carboxylic acids is 1. The van der Waals surface area contributed by atoms with E-state index in [0.717, 1.165) is 51.4 Å². The lowest BCUT2D eigenvalue weighted by molar-refractivity contribution is -0.256. The number of halogens is 1. The van der Waals surface area contributed by atoms with Crippen molar-refractivity contribution in [3.63, 3.8) is 0 Å². The van der Waals surface area contributed by atoms with Crippen LogP contribution < -0.4 is 5.32 Å². The average Bonchev–Trinajstić information content (AvgIpc) is 3.43. The van der Waals surface area contributed by atoms with Crippen molar-refractivity contribution >= 4 is 11.5 Å². The van der Waals surface area contributed by atoms with Crippen LogP contribution in [0.25, 0.3) is 5.57 Å². The van der Waals surface area contributed by atoms with E-state index in [9.17, 15) is 14.3 Å². The SMILES string of the molecule is C=C(C)[C@@H]1CC[C@]2(NCCN3CCOCC3)CC[C@@]3(C)[C@]4(C)CC[C@H]5C(C)(C)C(c6ccc(C(=O)O)c(F)c6)=CC[C@]5(C)[C@H]4CC[C@]3(C)[C@@H]12. The summed E-state index contributed by atoms with van der Waals surface area (Å²) in [5, 5.41) is 13.7. The highest BCUT2D eigenvalue weighted by molar-refractivity contribution is 5.88. The van der Waals surface area contributed by atoms with Crippen LogP contribution in [0.3, 0.4) is 0 Å². The molecule has 0 amide bonds. The van der Waals surface area contributed by atoms with E-state index in [1.54, 1.807) is 0 Å². The van der Waals surface area contributed by atoms with Gasteiger partial charge in [-0.25, -0.2) is 9.18 Å². The number of carboxylic acid groups (broad SMARTS) is 1. The molecular weight excluding hydrogens is 611 g/mol. The molecule has 2 N–H and O–H groups in total. The van der Waals surface area contributed by atoms with Crippen molar-refractivity contribution in [1.82, 2.24) is 10.2 Å². The summed E-state index contributed by atoms with van der Waals surface area (Å²) in [6.07, 6.45) is 13.4. The quantitative estimate of drug-likeness (QED) is 0.283. The van der Waals surface area contributed by atoms with Gasteiger partial charge in [0.1, 0.15) is 5.82 Å². The Kier molecular flexibility index (Phi) is 8.68. The number of rotatable bonds is 7. The first-order valence-corrected chi connectivity index (χ1v) is 19.5. The van der Waals surface area contributed by atoms with Crippen molar-refractivity contribution in [2.45, 2.75) is 112 Å². The van der Waals surface area contributed by atoms with Crippen LogP contribution in [0.15, 0.2) is 36.4 Å². The average molecular weight is 675 g/mol. The molecule has 5 aliphatic carbocycles. The fourth-order valence-electron chi connectivity index (χ4n) is 14.3. The van der Waals surface area contributed by atoms with Gasteiger partial charge in [0, 0.05) is 31.7 Å². The lowest BCUT2D eigenvalue weighted by Crippen LogP contribution is -2.71. The van der Waals surface area contributed by atoms with Crippen molar-refractivity contribution in [2.75, 3.05) is 39.4 Å². The predicted molar refractivity (Wildman–Crippen MR) is 196 cm³/mol. The molecule has 1 aliphatic heterocycles. The Morgan fingerprint density at radius 3 is 2.35 bits per heavy atom. The molecule has 7 rings (SSSR count). The second kappa shape index (κ2) is 12.0. The minimum atomic E-state index is -1.21. The summed E-state index contributed by atoms with van der Waals surface area (Å²) in [7, 11) is 0. The topological polar surface area (TPSA) is 61.8 Å². The number of allylic oxidation sites excluding steroid dienone is 3. The molecule has 49 heavy (non-hydrogen) atoms. The highest BCUT2D eigenvalue weighted by Crippen LogP contribution is 2.80. The molecule has 9 atom stereocenters. The summed E-state index contributed by atoms with van der Waals surface area (Å²) in [6.45, 7) is 28.4. The van der Waals surface area contributed by atoms with Gasteiger partial charge in [-0.05, 0) is 139 Å². The van der Waals surface area contributed by atoms with Crippen molar-refractivity contribution in [3.05, 3.63) is 53.4 Å². The summed E-state index contributed by atoms with van der Waals surface area (Å²) in [5.41, 5.74) is 4.01. The van der Waals surface area contributed by atoms with Crippen LogP contribution in [0.2, 0.25) is 0 Å². The molecule has 0 radical (unpaired) electrons. The van der Waals surface area contributed by atoms with E-state index in [2.05, 4.69) is 71.3 Å². The molecule has 0 spiro atoms. The Morgan fingerprint density at radius 2 is 1.67 bits per heavy atom. The number of fused-ring (bicyclic) bond motifs is 7. The van der Waals surface area contributed by atoms with Gasteiger partial charge in [-0.1, -0.05) is 65.8 Å². The Bertz CT molecular complexity index is 1530. The minimum Gasteiger partial charge on any atom is -0.478 e. The first kappa shape index (κ1) is 35.4. The van der Waals surface area contributed by atoms with Crippen molar-refractivity contribution in [1.29, 1.82) is 0 Å². The number of nitrogens with one attached hydrogen (secondary N) is 1. The van der Waals surface area contributed by atoms with Crippen LogP contribution >= 0.6 is 0 Å². The third kappa shape index (κ3) is 5.03. The number of carbonyl (C=O) groups is 1. The zero-order valence-electron chi connectivity index (χ0n) is 31.5. The fraction of sp³-hybridized carbons (Fsp3) is 0.744. The number of morpholine rings is 1. The molecule has 4 saturated carbocycles. The first-order valence-electron chi connectivity index (χ1n) is 19.5. The van der Waals surface area contributed by atoms with E-state index in [0.29, 0.717) is 23.7 Å². The Labute approximate surface area is 295 Å². The Morgan fingerprint density at radius 1 is 0.980 bits per heavy atom. The summed E-state index contributed by atoms with van der Waals surface area (Å²) in [5.74, 6) is 0.407. The Hall–Kier alpha value is -2.02. The number of nitrogens with zero attached hydrogens (tertiary/aromatic N) is 1. The van der Waals surface area contributed by atoms with Gasteiger partial charge >= 0.3 is 5.97 Å². The molecular formula is C43H63FN2O3. The van der Waals surface area contributed by atoms with Crippen LogP contribution in [-0.2, 0) is 4.74 Å². The monoisotopic (exact) mass is 674 g/mol. The van der Waals surface area contributed by atoms with Gasteiger partial charge in [0.15, 0.2) is 0 Å². The van der Waals surface area contributed by atoms with Gasteiger partial charge < -0.3 is 15.2 Å². The first-order chi connectivity index (χ1) is 23.0. The third-order valence-electron chi connectivity index (χ3n) is 16.9. The molecule has 1 heterocycles. The van der Waals surface area contributed by atoms with E-state index < -0.39 is 11.8 Å². The Balaban J connectivity index is 1.20. The second-order valence-corrected chi connectivity index (χ2v) is 18.9. The molecule has 270 valence electrons. The van der Waals surface area contributed by atoms with E-state index >= 15 is 0 Å². The van der Waals surface area contributed by atoms with Crippen LogP contribution in [0.1, 0.15) is 122 Å². The van der Waals surface area contributed by atoms with Gasteiger partial charge in [-0.15, -0.1) is 0 Å². The molecule has 0 bridgehead atoms. The van der Waals surface area contributed by atoms with Crippen molar-refractivity contribution in [2.24, 2.45) is 50.7 Å². The molecule has 1 aromatic carbocycles. The van der Waals surface area contributed by atoms with Gasteiger partial charge in [-0.2, -0.15) is 0 Å². The fourth-order valence-corrected chi connectivity index (χ4v) is 14.3. The van der Waals surface area contributed by atoms with Gasteiger partial charge in [0.2, 0.25) is 0 Å². The standard InChI is InChI=1S/C43H63FN2O3/c1-28(2)30-11-18-43(45-21-22-46-23-25-49-26-24-46)20-19-42(8)40(6)16-13-34-38(3,4)32(29-9-10-31(37(47)48)33(44)27-29)12-15-39(34,5)35(40)14-17-41(42,7)36(30)43/h9-10,12,27,30,34-36,45H,1,11,13-26H2,2-8H3,(H,47,48)/t30-,34-,35+,36+,39-,40+,41+,42-,43-/m0/s1. The molecule has 1 saturated heterocycles. The summed E-state index contributed by atoms with van der Waals surface area (Å²) < 4.78 is 20.6. The van der Waals surface area contributed by atoms with Crippen molar-refractivity contribution in [3.8, 4) is 0 Å². The maximum absolute atomic E-state index is 15.0. The van der Waals surface area contributed by atoms with Crippen LogP contribution in [0.4, 0.5) is 4.39 Å². The van der Waals surface area contributed by atoms with E-state index in [1.165, 1.54) is 74.6 Å². The zero-order chi connectivity index (χ0) is 35.2. The normalized spacial score (nSPS) is 43.1. The highest BCUT2D eigenvalue weighted by atomic mass is 19.1. The smallest absolute Gasteiger partial charge is 0.338 e. The molecule has 0 unspecified atom stereocenters. The van der Waals surface area contributed by atoms with Gasteiger partial charge in [-0.3, -0.25) is 4.90 Å². The van der Waals surface area contributed by atoms with Crippen LogP contribution in [-0.4, -0.2) is 60.9 Å². The summed E-state index contributed by atoms with van der Waals surface area (Å²) >= 11 is 0. The van der Waals surface area contributed by atoms with E-state index in [1.807, 2.05) is 6.07 Å². The number of hydrogen-bond donors (Lipinski definition) is 2. The van der Waals surface area contributed by atoms with E-state index in [-0.39, 0.29) is 38.2 Å². The summed E-state index contributed by atoms with van der Waals surface area (Å²) in [4.78, 5) is 14.1. The summed E-state index contributed by atoms with van der Waals surface area (Å²) in [6, 6.07) is 4.73. The number of benzene rings is 1. The molecule has 6 aliphatic rings. The number of carboxylic acids is 1. The highest BCUT2D eigenvalue weighted by Gasteiger charge is 2.74. The van der Waals surface area contributed by atoms with Crippen LogP contribution in [0.5, 0.6) is 0 Å². The van der Waals surface area contributed by atoms with Crippen LogP contribution in [0, 0.1) is 56.6 Å². The number of hydrogen-bond acceptors (Lipinski definition) is 4. The molecule has 0 aromatic heterocycles. The van der Waals surface area contributed by atoms with Crippen molar-refractivity contribution < 1.29 is 19.0 Å². The zero-order valence-corrected chi connectivity index (χ0v) is 31.5. The largest absolute Gasteiger partial charge is 0.478 e. The lowest BCUT2D eigenvalue weighted by atomic mass is 9.29. The van der Waals surface area contributed by atoms with Gasteiger partial charge in [0.05, 0.1) is 18.8 Å². The third-order valence-corrected chi connectivity index (χ3v) is 16.9. The second-order valence-electron chi connectivity index (χ2n) is 18.9. The van der Waals surface area contributed by atoms with E-state index in [4.69, 9.17) is 4.74 Å². The lowest BCUT2D eigenvalue weighted by Gasteiger charge is -2.75. The maximum atomic E-state index is 15.0. The molecule has 5 nitrogen and oxygen atoms in total. The molecule has 5 fully saturated rings. The molecule has 1 aromatic rings. The minimum absolute atomic E-state index is 0.143. The predicted octanol–water partition coefficient (Wildman–Crippen LogP) is 9.24. The van der Waals surface area contributed by atoms with Gasteiger partial charge in [0.25, 0.3) is 0 Å². The number of ether oxygens (including phenoxy) is 1. The molecule has 6 heteroatoms.